The van der Waals surface area contributed by atoms with Gasteiger partial charge < -0.3 is 10.1 Å². The minimum Gasteiger partial charge on any atom is -0.492 e. The highest BCUT2D eigenvalue weighted by Crippen LogP contribution is 2.52. The lowest BCUT2D eigenvalue weighted by atomic mass is 9.77. The van der Waals surface area contributed by atoms with Gasteiger partial charge in [-0.25, -0.2) is 4.39 Å². The molecule has 118 valence electrons. The van der Waals surface area contributed by atoms with Gasteiger partial charge in [-0.15, -0.1) is 0 Å². The van der Waals surface area contributed by atoms with Crippen LogP contribution in [0.15, 0.2) is 54.6 Å². The van der Waals surface area contributed by atoms with E-state index in [2.05, 4.69) is 29.6 Å². The maximum Gasteiger partial charge on any atom is 0.142 e. The molecule has 0 unspecified atom stereocenters. The maximum atomic E-state index is 13.7. The van der Waals surface area contributed by atoms with E-state index >= 15 is 0 Å². The first-order valence-electron chi connectivity index (χ1n) is 8.22. The van der Waals surface area contributed by atoms with Crippen molar-refractivity contribution in [2.24, 2.45) is 5.92 Å². The van der Waals surface area contributed by atoms with E-state index in [9.17, 15) is 4.39 Å². The first kappa shape index (κ1) is 14.3. The number of nitrogens with one attached hydrogen (secondary N) is 1. The van der Waals surface area contributed by atoms with Crippen molar-refractivity contribution in [3.05, 3.63) is 71.6 Å². The summed E-state index contributed by atoms with van der Waals surface area (Å²) in [7, 11) is 0. The molecule has 3 atom stereocenters. The van der Waals surface area contributed by atoms with Gasteiger partial charge in [-0.2, -0.15) is 0 Å². The Morgan fingerprint density at radius 1 is 1.22 bits per heavy atom. The zero-order chi connectivity index (χ0) is 15.8. The van der Waals surface area contributed by atoms with Crippen molar-refractivity contribution >= 4 is 5.69 Å². The van der Waals surface area contributed by atoms with Crippen LogP contribution >= 0.6 is 0 Å². The molecule has 2 aromatic rings. The molecule has 0 aromatic heterocycles. The number of allylic oxidation sites excluding steroid dienone is 2. The van der Waals surface area contributed by atoms with Gasteiger partial charge >= 0.3 is 0 Å². The summed E-state index contributed by atoms with van der Waals surface area (Å²) in [5, 5.41) is 3.63. The number of para-hydroxylation sites is 1. The third kappa shape index (κ3) is 2.40. The molecule has 0 amide bonds. The van der Waals surface area contributed by atoms with Crippen LogP contribution in [0, 0.1) is 11.7 Å². The second-order valence-corrected chi connectivity index (χ2v) is 6.18. The fourth-order valence-electron chi connectivity index (χ4n) is 3.90. The summed E-state index contributed by atoms with van der Waals surface area (Å²) in [5.74, 6) is 1.47. The zero-order valence-electron chi connectivity index (χ0n) is 13.1. The van der Waals surface area contributed by atoms with Crippen LogP contribution in [-0.2, 0) is 0 Å². The first-order chi connectivity index (χ1) is 11.3. The summed E-state index contributed by atoms with van der Waals surface area (Å²) >= 11 is 0. The predicted octanol–water partition coefficient (Wildman–Crippen LogP) is 5.05. The van der Waals surface area contributed by atoms with E-state index in [1.54, 1.807) is 12.1 Å². The molecule has 2 aromatic carbocycles. The Bertz CT molecular complexity index is 755. The molecular weight excluding hydrogens is 289 g/mol. The molecule has 0 spiro atoms. The molecular formula is C20H20FNO. The smallest absolute Gasteiger partial charge is 0.142 e. The fraction of sp³-hybridized carbons (Fsp3) is 0.300. The van der Waals surface area contributed by atoms with Crippen LogP contribution in [0.3, 0.4) is 0 Å². The van der Waals surface area contributed by atoms with Crippen LogP contribution in [0.5, 0.6) is 5.75 Å². The highest BCUT2D eigenvalue weighted by Gasteiger charge is 2.38. The van der Waals surface area contributed by atoms with E-state index < -0.39 is 0 Å². The van der Waals surface area contributed by atoms with Crippen LogP contribution in [0.4, 0.5) is 10.1 Å². The van der Waals surface area contributed by atoms with Crippen LogP contribution in [-0.4, -0.2) is 6.61 Å². The SMILES string of the molecule is CCOc1cccc2c1N[C@H](c1cccc(F)c1)[C@H]1CC=C[C@H]21. The Labute approximate surface area is 136 Å². The molecule has 0 saturated carbocycles. The standard InChI is InChI=1S/C20H20FNO/c1-2-23-18-11-5-10-17-15-8-4-9-16(15)19(22-20(17)18)13-6-3-7-14(21)12-13/h3-8,10-12,15-16,19,22H,2,9H2,1H3/t15-,16-,19+/m0/s1. The number of halogens is 1. The van der Waals surface area contributed by atoms with Crippen molar-refractivity contribution in [2.75, 3.05) is 11.9 Å². The predicted molar refractivity (Wildman–Crippen MR) is 90.4 cm³/mol. The Hall–Kier alpha value is -2.29. The first-order valence-corrected chi connectivity index (χ1v) is 8.22. The average Bonchev–Trinajstić information content (AvgIpc) is 3.04. The third-order valence-electron chi connectivity index (χ3n) is 4.87. The fourth-order valence-corrected chi connectivity index (χ4v) is 3.90. The topological polar surface area (TPSA) is 21.3 Å². The number of hydrogen-bond donors (Lipinski definition) is 1. The third-order valence-corrected chi connectivity index (χ3v) is 4.87. The number of ether oxygens (including phenoxy) is 1. The number of rotatable bonds is 3. The lowest BCUT2D eigenvalue weighted by Gasteiger charge is -2.38. The number of fused-ring (bicyclic) bond motifs is 3. The van der Waals surface area contributed by atoms with Crippen LogP contribution < -0.4 is 10.1 Å². The summed E-state index contributed by atoms with van der Waals surface area (Å²) in [6.07, 6.45) is 5.54. The van der Waals surface area contributed by atoms with Crippen molar-refractivity contribution in [1.82, 2.24) is 0 Å². The molecule has 1 aliphatic heterocycles. The second-order valence-electron chi connectivity index (χ2n) is 6.18. The van der Waals surface area contributed by atoms with E-state index in [1.807, 2.05) is 19.1 Å². The van der Waals surface area contributed by atoms with Gasteiger partial charge in [0.1, 0.15) is 11.6 Å². The molecule has 2 aliphatic rings. The molecule has 4 rings (SSSR count). The summed E-state index contributed by atoms with van der Waals surface area (Å²) < 4.78 is 19.5. The Morgan fingerprint density at radius 3 is 2.91 bits per heavy atom. The Kier molecular flexibility index (Phi) is 3.56. The molecule has 0 saturated heterocycles. The molecule has 1 aliphatic carbocycles. The average molecular weight is 309 g/mol. The van der Waals surface area contributed by atoms with Crippen LogP contribution in [0.1, 0.15) is 36.4 Å². The second kappa shape index (κ2) is 5.73. The van der Waals surface area contributed by atoms with Gasteiger partial charge in [0.2, 0.25) is 0 Å². The maximum absolute atomic E-state index is 13.7. The quantitative estimate of drug-likeness (QED) is 0.801. The van der Waals surface area contributed by atoms with Gasteiger partial charge in [-0.1, -0.05) is 36.4 Å². The minimum atomic E-state index is -0.185. The van der Waals surface area contributed by atoms with Crippen LogP contribution in [0.25, 0.3) is 0 Å². The van der Waals surface area contributed by atoms with Crippen molar-refractivity contribution in [2.45, 2.75) is 25.3 Å². The number of benzene rings is 2. The van der Waals surface area contributed by atoms with E-state index in [1.165, 1.54) is 11.6 Å². The number of anilines is 1. The molecule has 2 nitrogen and oxygen atoms in total. The van der Waals surface area contributed by atoms with E-state index in [-0.39, 0.29) is 11.9 Å². The molecule has 1 heterocycles. The summed E-state index contributed by atoms with van der Waals surface area (Å²) in [6.45, 7) is 2.62. The summed E-state index contributed by atoms with van der Waals surface area (Å²) in [4.78, 5) is 0. The minimum absolute atomic E-state index is 0.0970. The highest BCUT2D eigenvalue weighted by atomic mass is 19.1. The lowest BCUT2D eigenvalue weighted by molar-refractivity contribution is 0.337. The molecule has 23 heavy (non-hydrogen) atoms. The van der Waals surface area contributed by atoms with Crippen molar-refractivity contribution in [1.29, 1.82) is 0 Å². The zero-order valence-corrected chi connectivity index (χ0v) is 13.1. The van der Waals surface area contributed by atoms with Crippen molar-refractivity contribution in [3.8, 4) is 5.75 Å². The molecule has 1 N–H and O–H groups in total. The van der Waals surface area contributed by atoms with Gasteiger partial charge in [0, 0.05) is 5.92 Å². The largest absolute Gasteiger partial charge is 0.492 e. The van der Waals surface area contributed by atoms with Gasteiger partial charge in [-0.3, -0.25) is 0 Å². The lowest BCUT2D eigenvalue weighted by Crippen LogP contribution is -2.29. The molecule has 0 bridgehead atoms. The number of hydrogen-bond acceptors (Lipinski definition) is 2. The van der Waals surface area contributed by atoms with E-state index in [0.717, 1.165) is 23.4 Å². The van der Waals surface area contributed by atoms with E-state index in [4.69, 9.17) is 4.74 Å². The summed E-state index contributed by atoms with van der Waals surface area (Å²) in [6, 6.07) is 13.2. The van der Waals surface area contributed by atoms with Gasteiger partial charge in [-0.05, 0) is 48.6 Å². The van der Waals surface area contributed by atoms with Crippen molar-refractivity contribution in [3.63, 3.8) is 0 Å². The highest BCUT2D eigenvalue weighted by molar-refractivity contribution is 5.67. The Balaban J connectivity index is 1.80. The molecule has 0 radical (unpaired) electrons. The summed E-state index contributed by atoms with van der Waals surface area (Å²) in [5.41, 5.74) is 3.33. The molecule has 0 fully saturated rings. The van der Waals surface area contributed by atoms with Gasteiger partial charge in [0.15, 0.2) is 0 Å². The molecule has 3 heteroatoms. The van der Waals surface area contributed by atoms with E-state index in [0.29, 0.717) is 18.4 Å². The van der Waals surface area contributed by atoms with Gasteiger partial charge in [0.25, 0.3) is 0 Å². The Morgan fingerprint density at radius 2 is 2.09 bits per heavy atom. The van der Waals surface area contributed by atoms with Crippen LogP contribution in [0.2, 0.25) is 0 Å². The van der Waals surface area contributed by atoms with Gasteiger partial charge in [0.05, 0.1) is 18.3 Å². The van der Waals surface area contributed by atoms with Crippen molar-refractivity contribution < 1.29 is 9.13 Å². The monoisotopic (exact) mass is 309 g/mol. The normalized spacial score (nSPS) is 24.7.